The zero-order chi connectivity index (χ0) is 19.6. The Balaban J connectivity index is 4.17. The van der Waals surface area contributed by atoms with Crippen molar-refractivity contribution < 1.29 is 29.0 Å². The Labute approximate surface area is 147 Å². The maximum atomic E-state index is 11.8. The van der Waals surface area contributed by atoms with E-state index in [0.717, 1.165) is 0 Å². The fraction of sp³-hybridized carbons (Fsp3) is 0.750. The van der Waals surface area contributed by atoms with Crippen molar-refractivity contribution >= 4 is 23.9 Å². The van der Waals surface area contributed by atoms with E-state index in [0.29, 0.717) is 19.4 Å². The molecule has 0 fully saturated rings. The Morgan fingerprint density at radius 1 is 1.08 bits per heavy atom. The number of amides is 3. The molecule has 9 heteroatoms. The van der Waals surface area contributed by atoms with Crippen LogP contribution in [0.25, 0.3) is 0 Å². The average molecular weight is 359 g/mol. The molecule has 0 heterocycles. The van der Waals surface area contributed by atoms with Crippen molar-refractivity contribution in [2.75, 3.05) is 6.54 Å². The number of hydrogen-bond acceptors (Lipinski definition) is 5. The predicted octanol–water partition coefficient (Wildman–Crippen LogP) is 0.775. The SMILES string of the molecule is CC(=O)N[C@@H](C)C(=O)N[C@@H](CCCCNC(=O)OC(C)(C)C)C(=O)O. The smallest absolute Gasteiger partial charge is 0.407 e. The third-order valence-electron chi connectivity index (χ3n) is 3.02. The summed E-state index contributed by atoms with van der Waals surface area (Å²) in [5.74, 6) is -2.08. The molecule has 0 aliphatic rings. The van der Waals surface area contributed by atoms with E-state index in [4.69, 9.17) is 9.84 Å². The second-order valence-corrected chi connectivity index (χ2v) is 6.75. The number of alkyl carbamates (subject to hydrolysis) is 1. The summed E-state index contributed by atoms with van der Waals surface area (Å²) in [5.41, 5.74) is -0.576. The number of rotatable bonds is 9. The second-order valence-electron chi connectivity index (χ2n) is 6.75. The summed E-state index contributed by atoms with van der Waals surface area (Å²) in [5, 5.41) is 16.5. The molecule has 4 N–H and O–H groups in total. The number of carbonyl (C=O) groups excluding carboxylic acids is 3. The molecule has 0 aromatic carbocycles. The van der Waals surface area contributed by atoms with E-state index in [1.807, 2.05) is 0 Å². The summed E-state index contributed by atoms with van der Waals surface area (Å²) in [7, 11) is 0. The lowest BCUT2D eigenvalue weighted by Crippen LogP contribution is -2.50. The first-order chi connectivity index (χ1) is 11.4. The van der Waals surface area contributed by atoms with Crippen LogP contribution in [0.15, 0.2) is 0 Å². The Bertz CT molecular complexity index is 487. The number of hydrogen-bond donors (Lipinski definition) is 4. The molecule has 144 valence electrons. The van der Waals surface area contributed by atoms with E-state index in [1.54, 1.807) is 20.8 Å². The van der Waals surface area contributed by atoms with Crippen molar-refractivity contribution in [3.05, 3.63) is 0 Å². The van der Waals surface area contributed by atoms with Gasteiger partial charge in [0, 0.05) is 13.5 Å². The van der Waals surface area contributed by atoms with Gasteiger partial charge in [0.05, 0.1) is 0 Å². The first-order valence-corrected chi connectivity index (χ1v) is 8.19. The molecule has 0 rings (SSSR count). The molecule has 0 radical (unpaired) electrons. The molecule has 0 unspecified atom stereocenters. The van der Waals surface area contributed by atoms with Crippen molar-refractivity contribution in [1.29, 1.82) is 0 Å². The third kappa shape index (κ3) is 11.8. The van der Waals surface area contributed by atoms with Crippen LogP contribution in [0.4, 0.5) is 4.79 Å². The Morgan fingerprint density at radius 3 is 2.16 bits per heavy atom. The molecule has 0 aliphatic carbocycles. The van der Waals surface area contributed by atoms with Crippen LogP contribution >= 0.6 is 0 Å². The maximum absolute atomic E-state index is 11.8. The van der Waals surface area contributed by atoms with Gasteiger partial charge in [-0.25, -0.2) is 9.59 Å². The molecule has 0 aliphatic heterocycles. The Kier molecular flexibility index (Phi) is 9.55. The molecule has 0 spiro atoms. The second kappa shape index (κ2) is 10.5. The van der Waals surface area contributed by atoms with Gasteiger partial charge in [0.15, 0.2) is 0 Å². The number of ether oxygens (including phenoxy) is 1. The van der Waals surface area contributed by atoms with Gasteiger partial charge in [0.2, 0.25) is 11.8 Å². The molecule has 25 heavy (non-hydrogen) atoms. The number of carboxylic acids is 1. The minimum atomic E-state index is -1.15. The number of carbonyl (C=O) groups is 4. The highest BCUT2D eigenvalue weighted by Gasteiger charge is 2.23. The fourth-order valence-electron chi connectivity index (χ4n) is 1.90. The van der Waals surface area contributed by atoms with Crippen molar-refractivity contribution in [3.8, 4) is 0 Å². The van der Waals surface area contributed by atoms with Crippen molar-refractivity contribution in [1.82, 2.24) is 16.0 Å². The van der Waals surface area contributed by atoms with E-state index in [1.165, 1.54) is 13.8 Å². The molecule has 0 bridgehead atoms. The van der Waals surface area contributed by atoms with E-state index in [9.17, 15) is 19.2 Å². The van der Waals surface area contributed by atoms with E-state index in [-0.39, 0.29) is 12.3 Å². The minimum Gasteiger partial charge on any atom is -0.480 e. The normalized spacial score (nSPS) is 13.3. The number of nitrogens with one attached hydrogen (secondary N) is 3. The van der Waals surface area contributed by atoms with Gasteiger partial charge in [0.25, 0.3) is 0 Å². The van der Waals surface area contributed by atoms with Crippen LogP contribution in [-0.4, -0.2) is 53.2 Å². The molecule has 0 aromatic rings. The molecule has 0 aromatic heterocycles. The minimum absolute atomic E-state index is 0.212. The first-order valence-electron chi connectivity index (χ1n) is 8.19. The lowest BCUT2D eigenvalue weighted by molar-refractivity contribution is -0.142. The average Bonchev–Trinajstić information content (AvgIpc) is 2.42. The van der Waals surface area contributed by atoms with Crippen molar-refractivity contribution in [2.45, 2.75) is 71.6 Å². The van der Waals surface area contributed by atoms with Crippen LogP contribution in [0, 0.1) is 0 Å². The lowest BCUT2D eigenvalue weighted by Gasteiger charge is -2.20. The standard InChI is InChI=1S/C16H29N3O6/c1-10(18-11(2)20)13(21)19-12(14(22)23)8-6-7-9-17-15(24)25-16(3,4)5/h10,12H,6-9H2,1-5H3,(H,17,24)(H,18,20)(H,19,21)(H,22,23)/t10-,12-/m0/s1. The predicted molar refractivity (Wildman–Crippen MR) is 90.9 cm³/mol. The Hall–Kier alpha value is -2.32. The third-order valence-corrected chi connectivity index (χ3v) is 3.02. The topological polar surface area (TPSA) is 134 Å². The van der Waals surface area contributed by atoms with Gasteiger partial charge in [0.1, 0.15) is 17.7 Å². The zero-order valence-corrected chi connectivity index (χ0v) is 15.5. The summed E-state index contributed by atoms with van der Waals surface area (Å²) < 4.78 is 5.08. The van der Waals surface area contributed by atoms with Crippen LogP contribution in [0.1, 0.15) is 53.9 Å². The molecule has 2 atom stereocenters. The molecular formula is C16H29N3O6. The molecule has 0 saturated carbocycles. The van der Waals surface area contributed by atoms with Gasteiger partial charge >= 0.3 is 12.1 Å². The van der Waals surface area contributed by atoms with Crippen molar-refractivity contribution in [2.24, 2.45) is 0 Å². The van der Waals surface area contributed by atoms with Gasteiger partial charge in [-0.1, -0.05) is 0 Å². The van der Waals surface area contributed by atoms with Gasteiger partial charge in [-0.3, -0.25) is 9.59 Å². The van der Waals surface area contributed by atoms with Gasteiger partial charge in [-0.2, -0.15) is 0 Å². The fourth-order valence-corrected chi connectivity index (χ4v) is 1.90. The van der Waals surface area contributed by atoms with E-state index >= 15 is 0 Å². The van der Waals surface area contributed by atoms with E-state index < -0.39 is 35.7 Å². The van der Waals surface area contributed by atoms with Crippen LogP contribution in [0.3, 0.4) is 0 Å². The summed E-state index contributed by atoms with van der Waals surface area (Å²) in [6.07, 6.45) is 0.714. The van der Waals surface area contributed by atoms with Crippen LogP contribution in [-0.2, 0) is 19.1 Å². The first kappa shape index (κ1) is 22.7. The van der Waals surface area contributed by atoms with Gasteiger partial charge in [-0.15, -0.1) is 0 Å². The molecular weight excluding hydrogens is 330 g/mol. The number of aliphatic carboxylic acids is 1. The number of unbranched alkanes of at least 4 members (excludes halogenated alkanes) is 1. The largest absolute Gasteiger partial charge is 0.480 e. The Morgan fingerprint density at radius 2 is 1.68 bits per heavy atom. The van der Waals surface area contributed by atoms with Crippen LogP contribution in [0.5, 0.6) is 0 Å². The summed E-state index contributed by atoms with van der Waals surface area (Å²) in [4.78, 5) is 45.4. The van der Waals surface area contributed by atoms with E-state index in [2.05, 4.69) is 16.0 Å². The van der Waals surface area contributed by atoms with Gasteiger partial charge < -0.3 is 25.8 Å². The lowest BCUT2D eigenvalue weighted by atomic mass is 10.1. The van der Waals surface area contributed by atoms with Crippen LogP contribution < -0.4 is 16.0 Å². The summed E-state index contributed by atoms with van der Waals surface area (Å²) in [6.45, 7) is 8.37. The highest BCUT2D eigenvalue weighted by atomic mass is 16.6. The monoisotopic (exact) mass is 359 g/mol. The van der Waals surface area contributed by atoms with Gasteiger partial charge in [-0.05, 0) is 47.0 Å². The molecule has 9 nitrogen and oxygen atoms in total. The summed E-state index contributed by atoms with van der Waals surface area (Å²) >= 11 is 0. The zero-order valence-electron chi connectivity index (χ0n) is 15.5. The summed E-state index contributed by atoms with van der Waals surface area (Å²) in [6, 6.07) is -1.86. The van der Waals surface area contributed by atoms with Crippen LogP contribution in [0.2, 0.25) is 0 Å². The maximum Gasteiger partial charge on any atom is 0.407 e. The number of carboxylic acid groups (broad SMARTS) is 1. The van der Waals surface area contributed by atoms with Crippen molar-refractivity contribution in [3.63, 3.8) is 0 Å². The quantitative estimate of drug-likeness (QED) is 0.449. The highest BCUT2D eigenvalue weighted by molar-refractivity contribution is 5.89. The molecule has 0 saturated heterocycles. The molecule has 3 amide bonds. The highest BCUT2D eigenvalue weighted by Crippen LogP contribution is 2.07.